The van der Waals surface area contributed by atoms with Gasteiger partial charge in [-0.3, -0.25) is 24.4 Å². The van der Waals surface area contributed by atoms with E-state index in [9.17, 15) is 28.0 Å². The van der Waals surface area contributed by atoms with Crippen molar-refractivity contribution in [3.8, 4) is 22.8 Å². The predicted octanol–water partition coefficient (Wildman–Crippen LogP) is 11.8. The van der Waals surface area contributed by atoms with E-state index in [2.05, 4.69) is 45.2 Å². The Morgan fingerprint density at radius 3 is 1.60 bits per heavy atom. The Kier molecular flexibility index (Phi) is 21.2. The maximum atomic E-state index is 13.3. The molecule has 6 aromatic heterocycles. The number of hydrogen-bond donors (Lipinski definition) is 5. The van der Waals surface area contributed by atoms with Crippen LogP contribution in [-0.4, -0.2) is 68.4 Å². The number of carboxylic acids is 1. The van der Waals surface area contributed by atoms with E-state index in [-0.39, 0.29) is 64.4 Å². The average Bonchev–Trinajstić information content (AvgIpc) is 4.20. The zero-order valence-corrected chi connectivity index (χ0v) is 39.6. The number of nitrogens with one attached hydrogen (secondary N) is 3. The third-order valence-electron chi connectivity index (χ3n) is 10.1. The number of amides is 1. The summed E-state index contributed by atoms with van der Waals surface area (Å²) in [7, 11) is 0. The first-order valence-electron chi connectivity index (χ1n) is 21.3. The van der Waals surface area contributed by atoms with Crippen LogP contribution in [0.15, 0.2) is 106 Å². The number of imidazole rings is 2. The number of aromatic amines is 2. The van der Waals surface area contributed by atoms with Crippen LogP contribution in [-0.2, 0) is 0 Å². The fourth-order valence-electron chi connectivity index (χ4n) is 6.58. The van der Waals surface area contributed by atoms with Crippen LogP contribution in [0.4, 0.5) is 8.78 Å². The normalized spacial score (nSPS) is 11.6. The van der Waals surface area contributed by atoms with Crippen molar-refractivity contribution in [1.82, 2.24) is 45.2 Å². The number of aromatic carboxylic acids is 1. The van der Waals surface area contributed by atoms with Crippen molar-refractivity contribution in [2.75, 3.05) is 0 Å². The molecule has 17 nitrogen and oxygen atoms in total. The van der Waals surface area contributed by atoms with Gasteiger partial charge in [0.15, 0.2) is 10.3 Å². The van der Waals surface area contributed by atoms with Crippen molar-refractivity contribution in [2.45, 2.75) is 83.7 Å². The molecule has 0 aliphatic heterocycles. The van der Waals surface area contributed by atoms with Gasteiger partial charge in [0.2, 0.25) is 11.6 Å². The van der Waals surface area contributed by atoms with Crippen LogP contribution in [0.2, 0.25) is 10.3 Å². The van der Waals surface area contributed by atoms with E-state index < -0.39 is 12.0 Å². The lowest BCUT2D eigenvalue weighted by Crippen LogP contribution is -2.28. The van der Waals surface area contributed by atoms with Crippen LogP contribution in [0.1, 0.15) is 136 Å². The predicted molar refractivity (Wildman–Crippen MR) is 261 cm³/mol. The van der Waals surface area contributed by atoms with E-state index in [0.29, 0.717) is 70.7 Å². The molecule has 70 heavy (non-hydrogen) atoms. The molecular weight excluding hydrogens is 990 g/mol. The number of ketones is 2. The second kappa shape index (κ2) is 27.4. The zero-order valence-electron chi connectivity index (χ0n) is 36.4. The molecule has 6 heterocycles. The van der Waals surface area contributed by atoms with Crippen molar-refractivity contribution < 1.29 is 41.9 Å². The van der Waals surface area contributed by atoms with Crippen LogP contribution < -0.4 is 11.1 Å². The molecule has 0 saturated heterocycles. The highest BCUT2D eigenvalue weighted by molar-refractivity contribution is 7.12. The molecule has 0 saturated carbocycles. The fraction of sp³-hybridized carbons (Fsp3) is 0.277. The Labute approximate surface area is 418 Å². The first-order valence-corrected chi connectivity index (χ1v) is 23.8. The summed E-state index contributed by atoms with van der Waals surface area (Å²) in [5, 5.41) is 11.8. The number of carbonyl (C=O) groups is 4. The lowest BCUT2D eigenvalue weighted by atomic mass is 10.0. The minimum absolute atomic E-state index is 0. The van der Waals surface area contributed by atoms with Gasteiger partial charge in [-0.15, -0.1) is 22.7 Å². The first-order chi connectivity index (χ1) is 33.4. The summed E-state index contributed by atoms with van der Waals surface area (Å²) in [6, 6.07) is 11.1. The van der Waals surface area contributed by atoms with Gasteiger partial charge in [-0.25, -0.2) is 33.5 Å². The summed E-state index contributed by atoms with van der Waals surface area (Å²) in [5.74, 6) is -0.752. The monoisotopic (exact) mass is 1040 g/mol. The third kappa shape index (κ3) is 16.2. The van der Waals surface area contributed by atoms with Crippen molar-refractivity contribution in [3.05, 3.63) is 152 Å². The highest BCUT2D eigenvalue weighted by atomic mass is 35.5. The zero-order chi connectivity index (χ0) is 49.1. The van der Waals surface area contributed by atoms with Crippen LogP contribution in [0, 0.1) is 11.6 Å². The number of halogens is 4. The number of carbonyl (C=O) groups excluding carboxylic acids is 3. The molecule has 0 unspecified atom stereocenters. The highest BCUT2D eigenvalue weighted by Gasteiger charge is 2.23. The molecule has 1 amide bonds. The van der Waals surface area contributed by atoms with E-state index in [1.54, 1.807) is 29.8 Å². The van der Waals surface area contributed by atoms with Gasteiger partial charge in [0.25, 0.3) is 17.7 Å². The van der Waals surface area contributed by atoms with Crippen LogP contribution in [0.3, 0.4) is 0 Å². The molecule has 2 atom stereocenters. The van der Waals surface area contributed by atoms with Crippen molar-refractivity contribution >= 4 is 69.3 Å². The summed E-state index contributed by atoms with van der Waals surface area (Å²) in [4.78, 5) is 77.5. The van der Waals surface area contributed by atoms with Crippen molar-refractivity contribution in [1.29, 1.82) is 0 Å². The quantitative estimate of drug-likeness (QED) is 0.0331. The number of nitrogens with two attached hydrogens (primary N) is 1. The molecule has 368 valence electrons. The topological polar surface area (TPSA) is 262 Å². The minimum atomic E-state index is -0.910. The summed E-state index contributed by atoms with van der Waals surface area (Å²) >= 11 is 15.0. The van der Waals surface area contributed by atoms with E-state index in [1.807, 2.05) is 0 Å². The molecule has 6 N–H and O–H groups in total. The summed E-state index contributed by atoms with van der Waals surface area (Å²) in [6.07, 6.45) is 15.1. The molecule has 0 radical (unpaired) electrons. The maximum Gasteiger partial charge on any atom is 0.347 e. The van der Waals surface area contributed by atoms with E-state index in [1.165, 1.54) is 78.4 Å². The van der Waals surface area contributed by atoms with Gasteiger partial charge in [0.1, 0.15) is 45.6 Å². The first kappa shape index (κ1) is 54.2. The molecular formula is C47H48Cl2F2N10O7S2. The highest BCUT2D eigenvalue weighted by Crippen LogP contribution is 2.30. The largest absolute Gasteiger partial charge is 0.477 e. The molecule has 0 spiro atoms. The molecule has 0 aliphatic rings. The van der Waals surface area contributed by atoms with Gasteiger partial charge >= 0.3 is 5.97 Å². The van der Waals surface area contributed by atoms with Crippen molar-refractivity contribution in [2.24, 2.45) is 5.73 Å². The smallest absolute Gasteiger partial charge is 0.347 e. The van der Waals surface area contributed by atoms with Crippen LogP contribution in [0.5, 0.6) is 0 Å². The third-order valence-corrected chi connectivity index (χ3v) is 12.2. The standard InChI is InChI=1S/C23H21ClFN5O3S.C19H20ClFN4O2.C4H3NO2S.CH4/c24-20-19(29-21(30-20)14-6-8-15(25)9-7-14)16(28-22(32)18-12-26-13-34-18)4-2-1-3-5-17(31)23-27-10-11-33-23;20-17-16(24-18(25-17)12-6-8-13(21)9-7-12)14(22)4-2-1-3-5-15(26)19-23-10-11-27-19;6-4(7)3-1-5-2-8-3;/h6-13,16H,1-5H2,(H,28,32)(H,29,30);6-11,14H,1-5,22H2,(H,24,25);1-2H,(H,6,7);1H4/t16-;14-;;/m00../s1. The fourth-order valence-corrected chi connectivity index (χ4v) is 8.10. The van der Waals surface area contributed by atoms with Gasteiger partial charge in [-0.2, -0.15) is 0 Å². The summed E-state index contributed by atoms with van der Waals surface area (Å²) in [6.45, 7) is 0. The maximum absolute atomic E-state index is 13.3. The number of hydrogen-bond acceptors (Lipinski definition) is 15. The minimum Gasteiger partial charge on any atom is -0.477 e. The van der Waals surface area contributed by atoms with Gasteiger partial charge in [0, 0.05) is 30.0 Å². The lowest BCUT2D eigenvalue weighted by molar-refractivity contribution is 0.0701. The molecule has 8 aromatic rings. The van der Waals surface area contributed by atoms with Crippen LogP contribution in [0.25, 0.3) is 22.8 Å². The summed E-state index contributed by atoms with van der Waals surface area (Å²) in [5.41, 5.74) is 11.9. The van der Waals surface area contributed by atoms with E-state index in [0.717, 1.165) is 49.0 Å². The number of benzene rings is 2. The Hall–Kier alpha value is -6.78. The van der Waals surface area contributed by atoms with Gasteiger partial charge in [-0.1, -0.05) is 56.3 Å². The second-order valence-corrected chi connectivity index (χ2v) is 17.5. The van der Waals surface area contributed by atoms with Crippen molar-refractivity contribution in [3.63, 3.8) is 0 Å². The number of Topliss-reactive ketones (excluding diaryl/α,β-unsaturated/α-hetero) is 2. The number of oxazole rings is 2. The van der Waals surface area contributed by atoms with Crippen LogP contribution >= 0.6 is 45.9 Å². The molecule has 23 heteroatoms. The Morgan fingerprint density at radius 1 is 0.686 bits per heavy atom. The van der Waals surface area contributed by atoms with Gasteiger partial charge in [-0.05, 0) is 74.2 Å². The van der Waals surface area contributed by atoms with E-state index >= 15 is 0 Å². The number of thiazole rings is 2. The number of carboxylic acid groups (broad SMARTS) is 1. The Morgan fingerprint density at radius 2 is 1.16 bits per heavy atom. The molecule has 0 fully saturated rings. The Bertz CT molecular complexity index is 2830. The molecule has 2 aromatic carbocycles. The molecule has 0 aliphatic carbocycles. The number of H-pyrrole nitrogens is 2. The Balaban J connectivity index is 0.000000226. The number of rotatable bonds is 21. The average molecular weight is 1040 g/mol. The summed E-state index contributed by atoms with van der Waals surface area (Å²) < 4.78 is 36.3. The van der Waals surface area contributed by atoms with Gasteiger partial charge < -0.3 is 35.0 Å². The molecule has 0 bridgehead atoms. The number of unbranched alkanes of at least 4 members (excludes halogenated alkanes) is 4. The SMILES string of the molecule is C.N[C@@H](CCCCCC(=O)c1ncco1)c1[nH]c(-c2ccc(F)cc2)nc1Cl.O=C(CCCCC[C@H](NC(=O)c1cncs1)c1[nH]c(-c2ccc(F)cc2)nc1Cl)c1ncco1.O=C(O)c1cncs1. The molecule has 8 rings (SSSR count). The van der Waals surface area contributed by atoms with E-state index in [4.69, 9.17) is 42.9 Å². The number of aromatic nitrogens is 8. The van der Waals surface area contributed by atoms with Gasteiger partial charge in [0.05, 0.1) is 53.2 Å². The second-order valence-electron chi connectivity index (χ2n) is 15.0. The lowest BCUT2D eigenvalue weighted by Gasteiger charge is -2.17. The number of nitrogens with zero attached hydrogens (tertiary/aromatic N) is 6.